The number of nitrogens with one attached hydrogen (secondary N) is 1. The third-order valence-electron chi connectivity index (χ3n) is 4.71. The fourth-order valence-electron chi connectivity index (χ4n) is 3.13. The number of ether oxygens (including phenoxy) is 1. The summed E-state index contributed by atoms with van der Waals surface area (Å²) < 4.78 is 5.70. The molecule has 1 aliphatic rings. The summed E-state index contributed by atoms with van der Waals surface area (Å²) in [7, 11) is 0. The van der Waals surface area contributed by atoms with Crippen LogP contribution in [-0.2, 0) is 4.79 Å². The number of amides is 2. The van der Waals surface area contributed by atoms with Crippen molar-refractivity contribution in [2.24, 2.45) is 0 Å². The highest BCUT2D eigenvalue weighted by molar-refractivity contribution is 6.06. The molecule has 0 aliphatic carbocycles. The Kier molecular flexibility index (Phi) is 6.12. The molecule has 0 radical (unpaired) electrons. The standard InChI is InChI=1S/C22H26N2O3/c1-3-4-13-27-19-10-11-20(16(2)14-19)23-22(26)17-7-5-8-18(15-17)24-12-6-9-21(24)25/h5,7-8,10-11,14-15H,3-4,6,9,12-13H2,1-2H3,(H,23,26). The summed E-state index contributed by atoms with van der Waals surface area (Å²) in [5.41, 5.74) is 3.02. The zero-order valence-electron chi connectivity index (χ0n) is 16.0. The fourth-order valence-corrected chi connectivity index (χ4v) is 3.13. The number of hydrogen-bond acceptors (Lipinski definition) is 3. The Labute approximate surface area is 160 Å². The number of unbranched alkanes of at least 4 members (excludes halogenated alkanes) is 1. The van der Waals surface area contributed by atoms with Gasteiger partial charge in [-0.15, -0.1) is 0 Å². The second-order valence-electron chi connectivity index (χ2n) is 6.83. The van der Waals surface area contributed by atoms with Gasteiger partial charge < -0.3 is 15.0 Å². The van der Waals surface area contributed by atoms with Gasteiger partial charge in [-0.1, -0.05) is 19.4 Å². The minimum Gasteiger partial charge on any atom is -0.494 e. The number of nitrogens with zero attached hydrogens (tertiary/aromatic N) is 1. The van der Waals surface area contributed by atoms with Crippen molar-refractivity contribution in [3.8, 4) is 5.75 Å². The number of anilines is 2. The first-order chi connectivity index (χ1) is 13.1. The van der Waals surface area contributed by atoms with Gasteiger partial charge in [-0.2, -0.15) is 0 Å². The second kappa shape index (κ2) is 8.71. The molecule has 2 amide bonds. The van der Waals surface area contributed by atoms with Crippen LogP contribution < -0.4 is 15.0 Å². The molecule has 2 aromatic rings. The van der Waals surface area contributed by atoms with E-state index in [-0.39, 0.29) is 11.8 Å². The minimum absolute atomic E-state index is 0.113. The lowest BCUT2D eigenvalue weighted by Crippen LogP contribution is -2.24. The Hall–Kier alpha value is -2.82. The number of rotatable bonds is 7. The van der Waals surface area contributed by atoms with Crippen LogP contribution >= 0.6 is 0 Å². The molecular formula is C22H26N2O3. The Morgan fingerprint density at radius 3 is 2.78 bits per heavy atom. The molecule has 2 aromatic carbocycles. The van der Waals surface area contributed by atoms with Crippen molar-refractivity contribution in [2.75, 3.05) is 23.4 Å². The van der Waals surface area contributed by atoms with Gasteiger partial charge in [0.15, 0.2) is 0 Å². The smallest absolute Gasteiger partial charge is 0.255 e. The molecule has 1 saturated heterocycles. The van der Waals surface area contributed by atoms with Crippen LogP contribution in [0, 0.1) is 6.92 Å². The minimum atomic E-state index is -0.189. The van der Waals surface area contributed by atoms with Crippen LogP contribution in [0.15, 0.2) is 42.5 Å². The van der Waals surface area contributed by atoms with E-state index in [0.717, 1.165) is 42.0 Å². The lowest BCUT2D eigenvalue weighted by molar-refractivity contribution is -0.117. The van der Waals surface area contributed by atoms with Crippen molar-refractivity contribution < 1.29 is 14.3 Å². The summed E-state index contributed by atoms with van der Waals surface area (Å²) in [6.07, 6.45) is 3.55. The third kappa shape index (κ3) is 4.67. The number of aryl methyl sites for hydroxylation is 1. The first-order valence-corrected chi connectivity index (χ1v) is 9.53. The van der Waals surface area contributed by atoms with E-state index in [1.165, 1.54) is 0 Å². The van der Waals surface area contributed by atoms with Crippen molar-refractivity contribution >= 4 is 23.2 Å². The lowest BCUT2D eigenvalue weighted by Gasteiger charge is -2.17. The molecule has 1 N–H and O–H groups in total. The van der Waals surface area contributed by atoms with Crippen molar-refractivity contribution in [3.05, 3.63) is 53.6 Å². The van der Waals surface area contributed by atoms with Crippen LogP contribution in [0.2, 0.25) is 0 Å². The topological polar surface area (TPSA) is 58.6 Å². The Morgan fingerprint density at radius 2 is 2.07 bits per heavy atom. The average Bonchev–Trinajstić information content (AvgIpc) is 3.10. The normalized spacial score (nSPS) is 13.7. The molecule has 142 valence electrons. The summed E-state index contributed by atoms with van der Waals surface area (Å²) >= 11 is 0. The molecule has 0 spiro atoms. The molecule has 3 rings (SSSR count). The average molecular weight is 366 g/mol. The highest BCUT2D eigenvalue weighted by Crippen LogP contribution is 2.25. The van der Waals surface area contributed by atoms with E-state index in [4.69, 9.17) is 4.74 Å². The first-order valence-electron chi connectivity index (χ1n) is 9.53. The molecular weight excluding hydrogens is 340 g/mol. The Morgan fingerprint density at radius 1 is 1.22 bits per heavy atom. The number of hydrogen-bond donors (Lipinski definition) is 1. The molecule has 0 atom stereocenters. The van der Waals surface area contributed by atoms with E-state index >= 15 is 0 Å². The predicted molar refractivity (Wildman–Crippen MR) is 108 cm³/mol. The van der Waals surface area contributed by atoms with E-state index in [1.807, 2.05) is 37.3 Å². The van der Waals surface area contributed by atoms with E-state index in [2.05, 4.69) is 12.2 Å². The largest absolute Gasteiger partial charge is 0.494 e. The van der Waals surface area contributed by atoms with Crippen LogP contribution in [0.5, 0.6) is 5.75 Å². The molecule has 1 aliphatic heterocycles. The maximum absolute atomic E-state index is 12.7. The predicted octanol–water partition coefficient (Wildman–Crippen LogP) is 4.55. The molecule has 0 bridgehead atoms. The van der Waals surface area contributed by atoms with Crippen LogP contribution in [0.1, 0.15) is 48.5 Å². The molecule has 0 saturated carbocycles. The Balaban J connectivity index is 1.69. The maximum Gasteiger partial charge on any atom is 0.255 e. The number of carbonyl (C=O) groups excluding carboxylic acids is 2. The molecule has 5 heteroatoms. The quantitative estimate of drug-likeness (QED) is 0.731. The molecule has 27 heavy (non-hydrogen) atoms. The molecule has 1 fully saturated rings. The number of benzene rings is 2. The van der Waals surface area contributed by atoms with Gasteiger partial charge in [0, 0.05) is 29.9 Å². The van der Waals surface area contributed by atoms with Gasteiger partial charge in [0.25, 0.3) is 5.91 Å². The zero-order valence-corrected chi connectivity index (χ0v) is 16.0. The van der Waals surface area contributed by atoms with Crippen molar-refractivity contribution in [3.63, 3.8) is 0 Å². The molecule has 1 heterocycles. The summed E-state index contributed by atoms with van der Waals surface area (Å²) in [6, 6.07) is 12.9. The van der Waals surface area contributed by atoms with Gasteiger partial charge >= 0.3 is 0 Å². The van der Waals surface area contributed by atoms with Crippen LogP contribution in [0.3, 0.4) is 0 Å². The highest BCUT2D eigenvalue weighted by atomic mass is 16.5. The van der Waals surface area contributed by atoms with Gasteiger partial charge in [0.05, 0.1) is 6.61 Å². The van der Waals surface area contributed by atoms with Crippen LogP contribution in [-0.4, -0.2) is 25.0 Å². The van der Waals surface area contributed by atoms with Crippen molar-refractivity contribution in [1.29, 1.82) is 0 Å². The maximum atomic E-state index is 12.7. The summed E-state index contributed by atoms with van der Waals surface area (Å²) in [5, 5.41) is 2.95. The molecule has 5 nitrogen and oxygen atoms in total. The monoisotopic (exact) mass is 366 g/mol. The first kappa shape index (κ1) is 19.0. The highest BCUT2D eigenvalue weighted by Gasteiger charge is 2.22. The van der Waals surface area contributed by atoms with Gasteiger partial charge in [0.2, 0.25) is 5.91 Å². The molecule has 0 aromatic heterocycles. The second-order valence-corrected chi connectivity index (χ2v) is 6.83. The van der Waals surface area contributed by atoms with E-state index < -0.39 is 0 Å². The van der Waals surface area contributed by atoms with E-state index in [9.17, 15) is 9.59 Å². The van der Waals surface area contributed by atoms with Crippen molar-refractivity contribution in [1.82, 2.24) is 0 Å². The third-order valence-corrected chi connectivity index (χ3v) is 4.71. The summed E-state index contributed by atoms with van der Waals surface area (Å²) in [5.74, 6) is 0.738. The van der Waals surface area contributed by atoms with Crippen LogP contribution in [0.25, 0.3) is 0 Å². The SMILES string of the molecule is CCCCOc1ccc(NC(=O)c2cccc(N3CCCC3=O)c2)c(C)c1. The summed E-state index contributed by atoms with van der Waals surface area (Å²) in [6.45, 7) is 5.48. The van der Waals surface area contributed by atoms with Gasteiger partial charge in [-0.3, -0.25) is 9.59 Å². The van der Waals surface area contributed by atoms with E-state index in [1.54, 1.807) is 17.0 Å². The van der Waals surface area contributed by atoms with Gasteiger partial charge in [-0.25, -0.2) is 0 Å². The Bertz CT molecular complexity index is 832. The number of carbonyl (C=O) groups is 2. The molecule has 0 unspecified atom stereocenters. The zero-order chi connectivity index (χ0) is 19.2. The van der Waals surface area contributed by atoms with Crippen LogP contribution in [0.4, 0.5) is 11.4 Å². The van der Waals surface area contributed by atoms with E-state index in [0.29, 0.717) is 25.1 Å². The van der Waals surface area contributed by atoms with Gasteiger partial charge in [-0.05, 0) is 61.7 Å². The summed E-state index contributed by atoms with van der Waals surface area (Å²) in [4.78, 5) is 26.3. The van der Waals surface area contributed by atoms with Crippen molar-refractivity contribution in [2.45, 2.75) is 39.5 Å². The van der Waals surface area contributed by atoms with Gasteiger partial charge in [0.1, 0.15) is 5.75 Å². The lowest BCUT2D eigenvalue weighted by atomic mass is 10.1. The fraction of sp³-hybridized carbons (Fsp3) is 0.364.